The molecule has 0 atom stereocenters. The summed E-state index contributed by atoms with van der Waals surface area (Å²) in [7, 11) is 0. The van der Waals surface area contributed by atoms with E-state index in [1.165, 1.54) is 0 Å². The van der Waals surface area contributed by atoms with E-state index in [1.54, 1.807) is 0 Å². The number of hydrogen-bond acceptors (Lipinski definition) is 4. The van der Waals surface area contributed by atoms with Gasteiger partial charge in [0.1, 0.15) is 0 Å². The fourth-order valence-electron chi connectivity index (χ4n) is 2.31. The number of nitrogens with one attached hydrogen (secondary N) is 1. The Hall–Kier alpha value is -1.46. The second kappa shape index (κ2) is 5.04. The predicted molar refractivity (Wildman–Crippen MR) is 69.4 cm³/mol. The van der Waals surface area contributed by atoms with Crippen molar-refractivity contribution in [2.24, 2.45) is 0 Å². The summed E-state index contributed by atoms with van der Waals surface area (Å²) in [6, 6.07) is 8.02. The molecule has 0 bridgehead atoms. The predicted octanol–water partition coefficient (Wildman–Crippen LogP) is 1.92. The molecule has 0 aliphatic carbocycles. The minimum absolute atomic E-state index is 0.354. The first-order chi connectivity index (χ1) is 8.86. The van der Waals surface area contributed by atoms with Gasteiger partial charge in [0.2, 0.25) is 0 Å². The van der Waals surface area contributed by atoms with Crippen LogP contribution in [0.5, 0.6) is 0 Å². The minimum Gasteiger partial charge on any atom is -0.317 e. The van der Waals surface area contributed by atoms with Gasteiger partial charge in [0.05, 0.1) is 11.1 Å². The van der Waals surface area contributed by atoms with Crippen molar-refractivity contribution in [2.75, 3.05) is 13.1 Å². The van der Waals surface area contributed by atoms with Gasteiger partial charge in [-0.1, -0.05) is 23.7 Å². The highest BCUT2D eigenvalue weighted by Crippen LogP contribution is 2.28. The van der Waals surface area contributed by atoms with Crippen LogP contribution in [0, 0.1) is 0 Å². The van der Waals surface area contributed by atoms with Crippen molar-refractivity contribution < 1.29 is 0 Å². The van der Waals surface area contributed by atoms with E-state index in [-0.39, 0.29) is 0 Å². The molecule has 1 aliphatic rings. The van der Waals surface area contributed by atoms with Crippen molar-refractivity contribution in [1.29, 1.82) is 0 Å². The number of halogens is 1. The molecular formula is C12H14ClN5. The molecule has 94 valence electrons. The lowest BCUT2D eigenvalue weighted by Crippen LogP contribution is -2.30. The van der Waals surface area contributed by atoms with E-state index < -0.39 is 0 Å². The number of benzene rings is 1. The molecular weight excluding hydrogens is 250 g/mol. The van der Waals surface area contributed by atoms with Crippen molar-refractivity contribution in [3.63, 3.8) is 0 Å². The van der Waals surface area contributed by atoms with Gasteiger partial charge in [-0.2, -0.15) is 0 Å². The maximum Gasteiger partial charge on any atom is 0.183 e. The zero-order chi connectivity index (χ0) is 12.4. The Labute approximate surface area is 110 Å². The monoisotopic (exact) mass is 263 g/mol. The number of tetrazole rings is 1. The average molecular weight is 264 g/mol. The smallest absolute Gasteiger partial charge is 0.183 e. The van der Waals surface area contributed by atoms with Crippen molar-refractivity contribution in [1.82, 2.24) is 25.5 Å². The Morgan fingerprint density at radius 3 is 2.78 bits per heavy atom. The van der Waals surface area contributed by atoms with Gasteiger partial charge < -0.3 is 5.32 Å². The van der Waals surface area contributed by atoms with Gasteiger partial charge in [-0.15, -0.1) is 5.10 Å². The number of hydrogen-bond donors (Lipinski definition) is 1. The molecule has 1 fully saturated rings. The number of rotatable bonds is 2. The van der Waals surface area contributed by atoms with Crippen molar-refractivity contribution in [2.45, 2.75) is 18.9 Å². The summed E-state index contributed by atoms with van der Waals surface area (Å²) in [4.78, 5) is 0. The van der Waals surface area contributed by atoms with Crippen LogP contribution in [-0.2, 0) is 0 Å². The Morgan fingerprint density at radius 1 is 1.22 bits per heavy atom. The van der Waals surface area contributed by atoms with Gasteiger partial charge in [0.25, 0.3) is 0 Å². The second-order valence-corrected chi connectivity index (χ2v) is 4.82. The molecule has 5 nitrogen and oxygen atoms in total. The number of nitrogens with zero attached hydrogens (tertiary/aromatic N) is 4. The largest absolute Gasteiger partial charge is 0.317 e. The van der Waals surface area contributed by atoms with Crippen LogP contribution >= 0.6 is 11.6 Å². The quantitative estimate of drug-likeness (QED) is 0.899. The van der Waals surface area contributed by atoms with Gasteiger partial charge in [-0.05, 0) is 48.5 Å². The summed E-state index contributed by atoms with van der Waals surface area (Å²) in [6.07, 6.45) is 2.09. The van der Waals surface area contributed by atoms with Crippen LogP contribution in [0.2, 0.25) is 5.02 Å². The maximum atomic E-state index is 6.21. The summed E-state index contributed by atoms with van der Waals surface area (Å²) in [6.45, 7) is 2.01. The lowest BCUT2D eigenvalue weighted by molar-refractivity contribution is 0.340. The van der Waals surface area contributed by atoms with Crippen LogP contribution in [-0.4, -0.2) is 33.3 Å². The normalized spacial score (nSPS) is 16.9. The van der Waals surface area contributed by atoms with Crippen LogP contribution in [0.4, 0.5) is 0 Å². The fraction of sp³-hybridized carbons (Fsp3) is 0.417. The van der Waals surface area contributed by atoms with Crippen LogP contribution in [0.1, 0.15) is 18.9 Å². The zero-order valence-electron chi connectivity index (χ0n) is 9.88. The fourth-order valence-corrected chi connectivity index (χ4v) is 2.53. The van der Waals surface area contributed by atoms with Crippen LogP contribution in [0.3, 0.4) is 0 Å². The van der Waals surface area contributed by atoms with E-state index in [1.807, 2.05) is 28.9 Å². The maximum absolute atomic E-state index is 6.21. The molecule has 0 saturated carbocycles. The highest BCUT2D eigenvalue weighted by Gasteiger charge is 2.21. The van der Waals surface area contributed by atoms with Crippen LogP contribution < -0.4 is 5.32 Å². The van der Waals surface area contributed by atoms with E-state index in [2.05, 4.69) is 20.8 Å². The van der Waals surface area contributed by atoms with E-state index in [4.69, 9.17) is 11.6 Å². The molecule has 1 aromatic carbocycles. The average Bonchev–Trinajstić information content (AvgIpc) is 2.89. The molecule has 0 amide bonds. The summed E-state index contributed by atoms with van der Waals surface area (Å²) in [5.74, 6) is 0.757. The third-order valence-corrected chi connectivity index (χ3v) is 3.59. The van der Waals surface area contributed by atoms with Crippen molar-refractivity contribution >= 4 is 11.6 Å². The minimum atomic E-state index is 0.354. The molecule has 1 aromatic heterocycles. The van der Waals surface area contributed by atoms with Gasteiger partial charge in [-0.3, -0.25) is 0 Å². The van der Waals surface area contributed by atoms with Gasteiger partial charge in [0.15, 0.2) is 5.82 Å². The molecule has 3 rings (SSSR count). The molecule has 0 unspecified atom stereocenters. The first kappa shape index (κ1) is 11.6. The molecule has 1 N–H and O–H groups in total. The van der Waals surface area contributed by atoms with Gasteiger partial charge in [0, 0.05) is 5.56 Å². The topological polar surface area (TPSA) is 55.6 Å². The zero-order valence-corrected chi connectivity index (χ0v) is 10.6. The van der Waals surface area contributed by atoms with Crippen LogP contribution in [0.25, 0.3) is 11.4 Å². The Kier molecular flexibility index (Phi) is 3.25. The highest BCUT2D eigenvalue weighted by molar-refractivity contribution is 6.33. The molecule has 18 heavy (non-hydrogen) atoms. The lowest BCUT2D eigenvalue weighted by Gasteiger charge is -2.23. The van der Waals surface area contributed by atoms with E-state index in [0.29, 0.717) is 11.1 Å². The molecule has 1 saturated heterocycles. The van der Waals surface area contributed by atoms with E-state index in [0.717, 1.165) is 37.3 Å². The first-order valence-electron chi connectivity index (χ1n) is 6.10. The van der Waals surface area contributed by atoms with E-state index >= 15 is 0 Å². The summed E-state index contributed by atoms with van der Waals surface area (Å²) in [5, 5.41) is 16.1. The van der Waals surface area contributed by atoms with Crippen molar-refractivity contribution in [3.05, 3.63) is 29.3 Å². The third kappa shape index (κ3) is 2.11. The van der Waals surface area contributed by atoms with Crippen LogP contribution in [0.15, 0.2) is 24.3 Å². The Balaban J connectivity index is 1.98. The Bertz CT molecular complexity index is 533. The number of aromatic nitrogens is 4. The summed E-state index contributed by atoms with van der Waals surface area (Å²) < 4.78 is 1.90. The molecule has 1 aliphatic heterocycles. The SMILES string of the molecule is Clc1ccccc1-c1nnnn1C1CCNCC1. The Morgan fingerprint density at radius 2 is 2.00 bits per heavy atom. The van der Waals surface area contributed by atoms with Crippen molar-refractivity contribution in [3.8, 4) is 11.4 Å². The van der Waals surface area contributed by atoms with Gasteiger partial charge in [-0.25, -0.2) is 4.68 Å². The van der Waals surface area contributed by atoms with E-state index in [9.17, 15) is 0 Å². The lowest BCUT2D eigenvalue weighted by atomic mass is 10.1. The molecule has 6 heteroatoms. The first-order valence-corrected chi connectivity index (χ1v) is 6.47. The molecule has 0 radical (unpaired) electrons. The van der Waals surface area contributed by atoms with Gasteiger partial charge >= 0.3 is 0 Å². The summed E-state index contributed by atoms with van der Waals surface area (Å²) in [5.41, 5.74) is 0.891. The third-order valence-electron chi connectivity index (χ3n) is 3.26. The highest BCUT2D eigenvalue weighted by atomic mass is 35.5. The summed E-state index contributed by atoms with van der Waals surface area (Å²) >= 11 is 6.21. The second-order valence-electron chi connectivity index (χ2n) is 4.41. The molecule has 2 heterocycles. The number of piperidine rings is 1. The molecule has 2 aromatic rings. The molecule has 0 spiro atoms. The standard InChI is InChI=1S/C12H14ClN5/c13-11-4-2-1-3-10(11)12-15-16-17-18(12)9-5-7-14-8-6-9/h1-4,9,14H,5-8H2.